The van der Waals surface area contributed by atoms with Crippen LogP contribution in [0.4, 0.5) is 10.2 Å². The van der Waals surface area contributed by atoms with E-state index in [1.807, 2.05) is 0 Å². The number of carbonyl (C=O) groups is 1. The van der Waals surface area contributed by atoms with Crippen molar-refractivity contribution in [2.75, 3.05) is 5.32 Å². The van der Waals surface area contributed by atoms with Crippen molar-refractivity contribution in [3.63, 3.8) is 0 Å². The van der Waals surface area contributed by atoms with Crippen molar-refractivity contribution in [2.45, 2.75) is 6.67 Å². The average molecular weight is 309 g/mol. The molecule has 0 spiro atoms. The third kappa shape index (κ3) is 2.92. The molecule has 1 aromatic heterocycles. The van der Waals surface area contributed by atoms with Gasteiger partial charge in [0, 0.05) is 16.2 Å². The van der Waals surface area contributed by atoms with Crippen molar-refractivity contribution in [3.05, 3.63) is 58.2 Å². The highest BCUT2D eigenvalue weighted by molar-refractivity contribution is 9.10. The normalized spacial score (nSPS) is 10.1. The van der Waals surface area contributed by atoms with Gasteiger partial charge >= 0.3 is 0 Å². The molecule has 0 atom stereocenters. The van der Waals surface area contributed by atoms with E-state index in [2.05, 4.69) is 26.2 Å². The topological polar surface area (TPSA) is 42.0 Å². The molecule has 1 heterocycles. The minimum atomic E-state index is -0.690. The molecule has 1 amide bonds. The number of alkyl halides is 1. The van der Waals surface area contributed by atoms with Gasteiger partial charge in [-0.25, -0.2) is 9.37 Å². The van der Waals surface area contributed by atoms with E-state index in [0.29, 0.717) is 16.9 Å². The zero-order valence-corrected chi connectivity index (χ0v) is 10.9. The molecule has 0 saturated heterocycles. The third-order valence-corrected chi connectivity index (χ3v) is 2.86. The van der Waals surface area contributed by atoms with Crippen LogP contribution in [0.2, 0.25) is 0 Å². The van der Waals surface area contributed by atoms with Crippen LogP contribution in [0.15, 0.2) is 47.1 Å². The van der Waals surface area contributed by atoms with Crippen LogP contribution in [0.5, 0.6) is 0 Å². The summed E-state index contributed by atoms with van der Waals surface area (Å²) in [7, 11) is 0. The van der Waals surface area contributed by atoms with Gasteiger partial charge < -0.3 is 5.32 Å². The van der Waals surface area contributed by atoms with E-state index in [1.165, 1.54) is 0 Å². The molecule has 1 N–H and O–H groups in total. The molecule has 0 radical (unpaired) electrons. The Labute approximate surface area is 112 Å². The number of anilines is 1. The Hall–Kier alpha value is -1.75. The van der Waals surface area contributed by atoms with Crippen LogP contribution in [-0.4, -0.2) is 10.9 Å². The number of hydrogen-bond acceptors (Lipinski definition) is 2. The maximum atomic E-state index is 12.8. The Morgan fingerprint density at radius 3 is 2.83 bits per heavy atom. The first-order valence-corrected chi connectivity index (χ1v) is 6.07. The summed E-state index contributed by atoms with van der Waals surface area (Å²) in [6.45, 7) is -0.690. The monoisotopic (exact) mass is 308 g/mol. The van der Waals surface area contributed by atoms with E-state index in [9.17, 15) is 9.18 Å². The van der Waals surface area contributed by atoms with Gasteiger partial charge in [-0.15, -0.1) is 0 Å². The summed E-state index contributed by atoms with van der Waals surface area (Å²) in [6, 6.07) is 10.1. The number of halogens is 2. The van der Waals surface area contributed by atoms with Crippen molar-refractivity contribution in [3.8, 4) is 0 Å². The molecule has 2 aromatic rings. The van der Waals surface area contributed by atoms with Crippen LogP contribution >= 0.6 is 15.9 Å². The molecule has 5 heteroatoms. The molecular weight excluding hydrogens is 299 g/mol. The fourth-order valence-electron chi connectivity index (χ4n) is 1.51. The fourth-order valence-corrected chi connectivity index (χ4v) is 1.92. The van der Waals surface area contributed by atoms with Gasteiger partial charge in [0.25, 0.3) is 5.91 Å². The molecule has 3 nitrogen and oxygen atoms in total. The SMILES string of the molecule is O=C(Nc1ccccn1)c1ccc(Br)cc1CF. The summed E-state index contributed by atoms with van der Waals surface area (Å²) in [5.74, 6) is 0.0732. The van der Waals surface area contributed by atoms with Crippen molar-refractivity contribution in [1.29, 1.82) is 0 Å². The van der Waals surface area contributed by atoms with Gasteiger partial charge in [0.05, 0.1) is 0 Å². The molecule has 0 bridgehead atoms. The van der Waals surface area contributed by atoms with E-state index in [-0.39, 0.29) is 5.91 Å². The van der Waals surface area contributed by atoms with Crippen molar-refractivity contribution in [1.82, 2.24) is 4.98 Å². The van der Waals surface area contributed by atoms with E-state index < -0.39 is 6.67 Å². The van der Waals surface area contributed by atoms with E-state index in [0.717, 1.165) is 4.47 Å². The summed E-state index contributed by atoms with van der Waals surface area (Å²) in [6.07, 6.45) is 1.58. The molecule has 0 unspecified atom stereocenters. The lowest BCUT2D eigenvalue weighted by Gasteiger charge is -2.07. The number of carbonyl (C=O) groups excluding carboxylic acids is 1. The number of nitrogens with one attached hydrogen (secondary N) is 1. The lowest BCUT2D eigenvalue weighted by Crippen LogP contribution is -2.14. The molecule has 0 fully saturated rings. The van der Waals surface area contributed by atoms with Crippen LogP contribution < -0.4 is 5.32 Å². The van der Waals surface area contributed by atoms with E-state index >= 15 is 0 Å². The van der Waals surface area contributed by atoms with Crippen LogP contribution in [0.1, 0.15) is 15.9 Å². The predicted octanol–water partition coefficient (Wildman–Crippen LogP) is 3.57. The van der Waals surface area contributed by atoms with Crippen LogP contribution in [-0.2, 0) is 6.67 Å². The average Bonchev–Trinajstić information content (AvgIpc) is 2.39. The van der Waals surface area contributed by atoms with Crippen molar-refractivity contribution >= 4 is 27.7 Å². The quantitative estimate of drug-likeness (QED) is 0.942. The Morgan fingerprint density at radius 2 is 2.17 bits per heavy atom. The molecule has 0 saturated carbocycles. The number of aromatic nitrogens is 1. The number of benzene rings is 1. The van der Waals surface area contributed by atoms with E-state index in [1.54, 1.807) is 42.6 Å². The number of pyridine rings is 1. The van der Waals surface area contributed by atoms with Gasteiger partial charge in [-0.2, -0.15) is 0 Å². The second-order valence-electron chi connectivity index (χ2n) is 3.60. The van der Waals surface area contributed by atoms with Gasteiger partial charge in [-0.1, -0.05) is 22.0 Å². The maximum absolute atomic E-state index is 12.8. The van der Waals surface area contributed by atoms with Crippen LogP contribution in [0.3, 0.4) is 0 Å². The zero-order chi connectivity index (χ0) is 13.0. The largest absolute Gasteiger partial charge is 0.307 e. The second kappa shape index (κ2) is 5.73. The molecule has 2 rings (SSSR count). The first kappa shape index (κ1) is 12.7. The van der Waals surface area contributed by atoms with Gasteiger partial charge in [0.15, 0.2) is 0 Å². The molecule has 1 aromatic carbocycles. The van der Waals surface area contributed by atoms with Crippen molar-refractivity contribution in [2.24, 2.45) is 0 Å². The number of rotatable bonds is 3. The molecule has 18 heavy (non-hydrogen) atoms. The Balaban J connectivity index is 2.24. The predicted molar refractivity (Wildman–Crippen MR) is 71.1 cm³/mol. The maximum Gasteiger partial charge on any atom is 0.257 e. The highest BCUT2D eigenvalue weighted by Gasteiger charge is 2.12. The molecule has 92 valence electrons. The Morgan fingerprint density at radius 1 is 1.33 bits per heavy atom. The highest BCUT2D eigenvalue weighted by atomic mass is 79.9. The highest BCUT2D eigenvalue weighted by Crippen LogP contribution is 2.18. The van der Waals surface area contributed by atoms with Crippen LogP contribution in [0.25, 0.3) is 0 Å². The lowest BCUT2D eigenvalue weighted by molar-refractivity contribution is 0.102. The van der Waals surface area contributed by atoms with Crippen LogP contribution in [0, 0.1) is 0 Å². The smallest absolute Gasteiger partial charge is 0.257 e. The zero-order valence-electron chi connectivity index (χ0n) is 9.36. The van der Waals surface area contributed by atoms with Gasteiger partial charge in [-0.05, 0) is 35.9 Å². The second-order valence-corrected chi connectivity index (χ2v) is 4.52. The summed E-state index contributed by atoms with van der Waals surface area (Å²) in [5, 5.41) is 2.62. The standard InChI is InChI=1S/C13H10BrFN2O/c14-10-4-5-11(9(7-10)8-15)13(18)17-12-3-1-2-6-16-12/h1-7H,8H2,(H,16,17,18). The fraction of sp³-hybridized carbons (Fsp3) is 0.0769. The molecule has 0 aliphatic rings. The molecule has 0 aliphatic carbocycles. The summed E-state index contributed by atoms with van der Waals surface area (Å²) >= 11 is 3.24. The Bertz CT molecular complexity index is 560. The minimum absolute atomic E-state index is 0.311. The summed E-state index contributed by atoms with van der Waals surface area (Å²) in [4.78, 5) is 16.0. The first-order valence-electron chi connectivity index (χ1n) is 5.27. The minimum Gasteiger partial charge on any atom is -0.307 e. The Kier molecular flexibility index (Phi) is 4.04. The van der Waals surface area contributed by atoms with Gasteiger partial charge in [0.1, 0.15) is 12.5 Å². The number of amides is 1. The van der Waals surface area contributed by atoms with Crippen molar-refractivity contribution < 1.29 is 9.18 Å². The molecule has 0 aliphatic heterocycles. The third-order valence-electron chi connectivity index (χ3n) is 2.36. The van der Waals surface area contributed by atoms with Gasteiger partial charge in [-0.3, -0.25) is 4.79 Å². The number of nitrogens with zero attached hydrogens (tertiary/aromatic N) is 1. The van der Waals surface area contributed by atoms with E-state index in [4.69, 9.17) is 0 Å². The van der Waals surface area contributed by atoms with Gasteiger partial charge in [0.2, 0.25) is 0 Å². The first-order chi connectivity index (χ1) is 8.70. The lowest BCUT2D eigenvalue weighted by atomic mass is 10.1. The summed E-state index contributed by atoms with van der Waals surface area (Å²) in [5.41, 5.74) is 0.657. The number of hydrogen-bond donors (Lipinski definition) is 1. The molecular formula is C13H10BrFN2O. The summed E-state index contributed by atoms with van der Waals surface area (Å²) < 4.78 is 13.6.